The number of methoxy groups -OCH3 is 2. The summed E-state index contributed by atoms with van der Waals surface area (Å²) in [4.78, 5) is 71.6. The van der Waals surface area contributed by atoms with Gasteiger partial charge in [0.25, 0.3) is 11.8 Å². The molecule has 2 aliphatic rings. The van der Waals surface area contributed by atoms with Crippen molar-refractivity contribution in [2.45, 2.75) is 65.8 Å². The molecule has 0 saturated carbocycles. The van der Waals surface area contributed by atoms with Crippen molar-refractivity contribution in [3.63, 3.8) is 0 Å². The van der Waals surface area contributed by atoms with Gasteiger partial charge in [0, 0.05) is 49.8 Å². The van der Waals surface area contributed by atoms with E-state index in [1.807, 2.05) is 26.8 Å². The molecule has 0 unspecified atom stereocenters. The molecular formula is C39H47N3O9. The quantitative estimate of drug-likeness (QED) is 0.127. The minimum atomic E-state index is -0.824. The van der Waals surface area contributed by atoms with Gasteiger partial charge in [0.1, 0.15) is 12.7 Å². The van der Waals surface area contributed by atoms with Crippen molar-refractivity contribution >= 4 is 35.1 Å². The lowest BCUT2D eigenvalue weighted by molar-refractivity contribution is -0.149. The standard InChI is InChI=1S/C39H47N3O9/c1-9-18-50-42-34-25(4)21-26(5)37(51-27(6)43)32(48-7)17-13-14-24(3)38(46)40-30-22-31(44)35(41-39(47)28-15-11-10-12-16-28)29(36(30)45)19-23(2)20-33(34)49-8/h9-17,21-23,25,32-33,37H,1,18-20H2,2-8H3,(H,40,46)(H,41,47)/b17-13-,24-14+,26-21+,42-34?/t23-,25+,32+,33+,37+/m1/s1. The number of hydrogen-bond acceptors (Lipinski definition) is 10. The summed E-state index contributed by atoms with van der Waals surface area (Å²) in [6, 6.07) is 8.31. The molecule has 2 amide bonds. The summed E-state index contributed by atoms with van der Waals surface area (Å²) in [5.74, 6) is -3.65. The topological polar surface area (TPSA) is 159 Å². The molecule has 51 heavy (non-hydrogen) atoms. The number of allylic oxidation sites excluding steroid dienone is 5. The Morgan fingerprint density at radius 1 is 1.08 bits per heavy atom. The van der Waals surface area contributed by atoms with Crippen LogP contribution in [0.25, 0.3) is 0 Å². The third-order valence-corrected chi connectivity index (χ3v) is 8.31. The summed E-state index contributed by atoms with van der Waals surface area (Å²) in [6.07, 6.45) is 7.35. The highest BCUT2D eigenvalue weighted by molar-refractivity contribution is 6.24. The maximum atomic E-state index is 14.0. The zero-order chi connectivity index (χ0) is 37.7. The van der Waals surface area contributed by atoms with Gasteiger partial charge in [0.2, 0.25) is 11.6 Å². The Labute approximate surface area is 299 Å². The normalized spacial score (nSPS) is 27.3. The van der Waals surface area contributed by atoms with Gasteiger partial charge in [-0.25, -0.2) is 0 Å². The minimum Gasteiger partial charge on any atom is -0.455 e. The van der Waals surface area contributed by atoms with Crippen LogP contribution >= 0.6 is 0 Å². The van der Waals surface area contributed by atoms with Gasteiger partial charge in [-0.05, 0) is 50.3 Å². The van der Waals surface area contributed by atoms with Crippen LogP contribution in [0.5, 0.6) is 0 Å². The third-order valence-electron chi connectivity index (χ3n) is 8.31. The van der Waals surface area contributed by atoms with Crippen molar-refractivity contribution in [3.8, 4) is 0 Å². The number of ketones is 2. The minimum absolute atomic E-state index is 0.0428. The van der Waals surface area contributed by atoms with Crippen LogP contribution in [0, 0.1) is 11.8 Å². The summed E-state index contributed by atoms with van der Waals surface area (Å²) in [5.41, 5.74) is 1.36. The SMILES string of the molecule is C=CCON=C1[C@@H](OC)C[C@H](C)CC2=C(NC(=O)c3ccccc3)C(=O)C=C(NC(=O)/C(C)=C/C=C\[C@H](OC)[C@@H](OC(C)=O)/C(C)=C/[C@@H]1C)C2=O. The van der Waals surface area contributed by atoms with Gasteiger partial charge < -0.3 is 29.7 Å². The van der Waals surface area contributed by atoms with E-state index in [1.54, 1.807) is 55.5 Å². The molecule has 2 bridgehead atoms. The number of fused-ring (bicyclic) bond motifs is 2. The Morgan fingerprint density at radius 3 is 2.41 bits per heavy atom. The van der Waals surface area contributed by atoms with Crippen LogP contribution in [-0.2, 0) is 38.2 Å². The van der Waals surface area contributed by atoms with Crippen molar-refractivity contribution < 1.29 is 43.0 Å². The second-order valence-electron chi connectivity index (χ2n) is 12.4. The van der Waals surface area contributed by atoms with Gasteiger partial charge in [-0.3, -0.25) is 24.0 Å². The Balaban J connectivity index is 2.18. The number of nitrogens with zero attached hydrogens (tertiary/aromatic N) is 1. The fourth-order valence-electron chi connectivity index (χ4n) is 5.71. The molecular weight excluding hydrogens is 654 g/mol. The van der Waals surface area contributed by atoms with Crippen LogP contribution in [0.4, 0.5) is 0 Å². The van der Waals surface area contributed by atoms with Crippen molar-refractivity contribution in [3.05, 3.63) is 107 Å². The van der Waals surface area contributed by atoms with Crippen molar-refractivity contribution in [2.24, 2.45) is 17.0 Å². The predicted molar refractivity (Wildman–Crippen MR) is 192 cm³/mol. The summed E-state index contributed by atoms with van der Waals surface area (Å²) in [6.45, 7) is 12.2. The van der Waals surface area contributed by atoms with E-state index in [0.29, 0.717) is 23.3 Å². The number of rotatable bonds is 8. The summed E-state index contributed by atoms with van der Waals surface area (Å²) in [5, 5.41) is 9.62. The van der Waals surface area contributed by atoms with Crippen LogP contribution in [0.2, 0.25) is 0 Å². The average molecular weight is 702 g/mol. The predicted octanol–water partition coefficient (Wildman–Crippen LogP) is 4.86. The number of hydrogen-bond donors (Lipinski definition) is 2. The van der Waals surface area contributed by atoms with Crippen molar-refractivity contribution in [1.82, 2.24) is 10.6 Å². The summed E-state index contributed by atoms with van der Waals surface area (Å²) in [7, 11) is 3.00. The molecule has 0 fully saturated rings. The first-order valence-corrected chi connectivity index (χ1v) is 16.6. The number of carbonyl (C=O) groups excluding carboxylic acids is 5. The van der Waals surface area contributed by atoms with E-state index >= 15 is 0 Å². The molecule has 12 heteroatoms. The van der Waals surface area contributed by atoms with Crippen LogP contribution in [-0.4, -0.2) is 74.2 Å². The molecule has 0 saturated heterocycles. The average Bonchev–Trinajstić information content (AvgIpc) is 3.10. The first-order valence-electron chi connectivity index (χ1n) is 16.6. The third kappa shape index (κ3) is 11.1. The molecule has 0 spiro atoms. The Hall–Kier alpha value is -5.20. The first-order chi connectivity index (χ1) is 24.3. The van der Waals surface area contributed by atoms with E-state index in [0.717, 1.165) is 6.08 Å². The van der Waals surface area contributed by atoms with Gasteiger partial charge in [0.05, 0.1) is 23.2 Å². The zero-order valence-corrected chi connectivity index (χ0v) is 30.2. The Bertz CT molecular complexity index is 1680. The van der Waals surface area contributed by atoms with Gasteiger partial charge in [-0.2, -0.15) is 0 Å². The number of carbonyl (C=O) groups is 5. The molecule has 0 aromatic heterocycles. The molecule has 5 atom stereocenters. The van der Waals surface area contributed by atoms with Gasteiger partial charge in [-0.15, -0.1) is 0 Å². The molecule has 1 aliphatic heterocycles. The number of benzene rings is 1. The zero-order valence-electron chi connectivity index (χ0n) is 30.2. The van der Waals surface area contributed by atoms with E-state index in [-0.39, 0.29) is 41.5 Å². The number of oxime groups is 1. The number of Topliss-reactive ketones (excluding diaryl/α,β-unsaturated/α-hetero) is 1. The van der Waals surface area contributed by atoms with E-state index in [9.17, 15) is 24.0 Å². The van der Waals surface area contributed by atoms with Crippen LogP contribution in [0.3, 0.4) is 0 Å². The highest BCUT2D eigenvalue weighted by atomic mass is 16.6. The number of esters is 1. The van der Waals surface area contributed by atoms with Crippen LogP contribution < -0.4 is 10.6 Å². The fraction of sp³-hybridized carbons (Fsp3) is 0.385. The van der Waals surface area contributed by atoms with Crippen LogP contribution in [0.1, 0.15) is 57.8 Å². The largest absolute Gasteiger partial charge is 0.455 e. The highest BCUT2D eigenvalue weighted by Crippen LogP contribution is 2.28. The maximum absolute atomic E-state index is 14.0. The maximum Gasteiger partial charge on any atom is 0.303 e. The van der Waals surface area contributed by atoms with Gasteiger partial charge >= 0.3 is 5.97 Å². The molecule has 12 nitrogen and oxygen atoms in total. The summed E-state index contributed by atoms with van der Waals surface area (Å²) < 4.78 is 17.3. The smallest absolute Gasteiger partial charge is 0.303 e. The Kier molecular flexibility index (Phi) is 15.2. The number of ether oxygens (including phenoxy) is 3. The molecule has 0 radical (unpaired) electrons. The Morgan fingerprint density at radius 2 is 1.78 bits per heavy atom. The molecule has 272 valence electrons. The van der Waals surface area contributed by atoms with E-state index in [2.05, 4.69) is 22.4 Å². The molecule has 1 aliphatic carbocycles. The number of amides is 2. The second-order valence-corrected chi connectivity index (χ2v) is 12.4. The van der Waals surface area contributed by atoms with E-state index in [4.69, 9.17) is 19.0 Å². The number of nitrogens with one attached hydrogen (secondary N) is 2. The molecule has 3 rings (SSSR count). The second kappa shape index (κ2) is 19.3. The lowest BCUT2D eigenvalue weighted by atomic mass is 9.85. The fourth-order valence-corrected chi connectivity index (χ4v) is 5.71. The monoisotopic (exact) mass is 701 g/mol. The summed E-state index contributed by atoms with van der Waals surface area (Å²) >= 11 is 0. The molecule has 2 N–H and O–H groups in total. The van der Waals surface area contributed by atoms with Gasteiger partial charge in [-0.1, -0.05) is 74.2 Å². The van der Waals surface area contributed by atoms with Crippen molar-refractivity contribution in [2.75, 3.05) is 20.8 Å². The van der Waals surface area contributed by atoms with Crippen LogP contribution in [0.15, 0.2) is 107 Å². The van der Waals surface area contributed by atoms with E-state index < -0.39 is 53.6 Å². The van der Waals surface area contributed by atoms with Crippen molar-refractivity contribution in [1.29, 1.82) is 0 Å². The molecule has 1 aromatic rings. The molecule has 1 heterocycles. The molecule has 1 aromatic carbocycles. The lowest BCUT2D eigenvalue weighted by Gasteiger charge is -2.27. The highest BCUT2D eigenvalue weighted by Gasteiger charge is 2.34. The van der Waals surface area contributed by atoms with Gasteiger partial charge in [0.15, 0.2) is 6.10 Å². The first kappa shape index (κ1) is 40.2. The van der Waals surface area contributed by atoms with E-state index in [1.165, 1.54) is 27.2 Å². The lowest BCUT2D eigenvalue weighted by Crippen LogP contribution is -2.38.